The Morgan fingerprint density at radius 2 is 1.90 bits per heavy atom. The normalized spacial score (nSPS) is 26.4. The molecule has 1 aliphatic carbocycles. The van der Waals surface area contributed by atoms with Crippen LogP contribution in [0.4, 0.5) is 20.6 Å². The minimum absolute atomic E-state index is 0.325. The Morgan fingerprint density at radius 1 is 1.20 bits per heavy atom. The number of nitrogens with zero attached hydrogens (tertiary/aromatic N) is 2. The molecule has 7 nitrogen and oxygen atoms in total. The number of halogens is 1. The van der Waals surface area contributed by atoms with Crippen molar-refractivity contribution in [2.24, 2.45) is 5.92 Å². The minimum Gasteiger partial charge on any atom is -0.371 e. The van der Waals surface area contributed by atoms with Crippen molar-refractivity contribution in [2.75, 3.05) is 29.9 Å². The average Bonchev–Trinajstić information content (AvgIpc) is 3.32. The van der Waals surface area contributed by atoms with E-state index < -0.39 is 23.3 Å². The zero-order chi connectivity index (χ0) is 21.3. The summed E-state index contributed by atoms with van der Waals surface area (Å²) in [6, 6.07) is 3.90. The van der Waals surface area contributed by atoms with E-state index in [2.05, 4.69) is 22.5 Å². The first kappa shape index (κ1) is 20.6. The molecule has 2 heterocycles. The fourth-order valence-electron chi connectivity index (χ4n) is 4.89. The Hall–Kier alpha value is -2.64. The standard InChI is InChI=1S/C22H29FN4O3/c1-2-15-5-7-22(8-6-15)20(29)27(21(30)25-22)14-19(28)24-17-11-16(23)12-18(13-17)26-9-3-4-10-26/h11-13,15H,2-10,14H2,1H3,(H,24,28)(H,25,30). The van der Waals surface area contributed by atoms with Gasteiger partial charge in [0.1, 0.15) is 17.9 Å². The van der Waals surface area contributed by atoms with Crippen LogP contribution in [-0.2, 0) is 9.59 Å². The summed E-state index contributed by atoms with van der Waals surface area (Å²) in [6.07, 6.45) is 6.19. The fraction of sp³-hybridized carbons (Fsp3) is 0.591. The van der Waals surface area contributed by atoms with E-state index in [1.165, 1.54) is 12.1 Å². The molecule has 2 N–H and O–H groups in total. The van der Waals surface area contributed by atoms with Crippen LogP contribution in [-0.4, -0.2) is 47.9 Å². The van der Waals surface area contributed by atoms with Crippen molar-refractivity contribution in [1.29, 1.82) is 0 Å². The minimum atomic E-state index is -0.870. The summed E-state index contributed by atoms with van der Waals surface area (Å²) >= 11 is 0. The Kier molecular flexibility index (Phi) is 5.66. The van der Waals surface area contributed by atoms with Crippen molar-refractivity contribution >= 4 is 29.2 Å². The number of carbonyl (C=O) groups excluding carboxylic acids is 3. The fourth-order valence-corrected chi connectivity index (χ4v) is 4.89. The van der Waals surface area contributed by atoms with Gasteiger partial charge in [0.05, 0.1) is 0 Å². The van der Waals surface area contributed by atoms with Gasteiger partial charge in [-0.05, 0) is 62.6 Å². The molecule has 1 spiro atoms. The molecule has 4 rings (SSSR count). The van der Waals surface area contributed by atoms with Crippen molar-refractivity contribution in [2.45, 2.75) is 57.4 Å². The third kappa shape index (κ3) is 4.00. The third-order valence-corrected chi connectivity index (χ3v) is 6.72. The second-order valence-electron chi connectivity index (χ2n) is 8.70. The summed E-state index contributed by atoms with van der Waals surface area (Å²) in [5, 5.41) is 5.47. The molecule has 1 aromatic rings. The Balaban J connectivity index is 1.41. The highest BCUT2D eigenvalue weighted by Gasteiger charge is 2.52. The largest absolute Gasteiger partial charge is 0.371 e. The second-order valence-corrected chi connectivity index (χ2v) is 8.70. The van der Waals surface area contributed by atoms with E-state index in [0.717, 1.165) is 55.8 Å². The lowest BCUT2D eigenvalue weighted by atomic mass is 9.75. The number of hydrogen-bond acceptors (Lipinski definition) is 4. The van der Waals surface area contributed by atoms with Gasteiger partial charge in [0, 0.05) is 24.5 Å². The molecule has 3 aliphatic rings. The van der Waals surface area contributed by atoms with Gasteiger partial charge in [-0.2, -0.15) is 0 Å². The van der Waals surface area contributed by atoms with Crippen molar-refractivity contribution < 1.29 is 18.8 Å². The predicted octanol–water partition coefficient (Wildman–Crippen LogP) is 3.26. The maximum atomic E-state index is 14.1. The molecule has 0 aromatic heterocycles. The lowest BCUT2D eigenvalue weighted by molar-refractivity contribution is -0.135. The zero-order valence-electron chi connectivity index (χ0n) is 17.4. The van der Waals surface area contributed by atoms with Gasteiger partial charge in [0.2, 0.25) is 5.91 Å². The second kappa shape index (κ2) is 8.24. The highest BCUT2D eigenvalue weighted by molar-refractivity contribution is 6.10. The van der Waals surface area contributed by atoms with E-state index in [4.69, 9.17) is 0 Å². The molecule has 1 saturated carbocycles. The van der Waals surface area contributed by atoms with Crippen LogP contribution in [0.5, 0.6) is 0 Å². The van der Waals surface area contributed by atoms with E-state index >= 15 is 0 Å². The van der Waals surface area contributed by atoms with Gasteiger partial charge in [0.15, 0.2) is 0 Å². The maximum absolute atomic E-state index is 14.1. The van der Waals surface area contributed by atoms with Gasteiger partial charge in [-0.3, -0.25) is 14.5 Å². The quantitative estimate of drug-likeness (QED) is 0.722. The molecule has 0 radical (unpaired) electrons. The van der Waals surface area contributed by atoms with Crippen LogP contribution < -0.4 is 15.5 Å². The predicted molar refractivity (Wildman–Crippen MR) is 112 cm³/mol. The number of rotatable bonds is 5. The molecule has 0 atom stereocenters. The van der Waals surface area contributed by atoms with Crippen LogP contribution >= 0.6 is 0 Å². The molecule has 30 heavy (non-hydrogen) atoms. The van der Waals surface area contributed by atoms with Gasteiger partial charge in [-0.15, -0.1) is 0 Å². The number of urea groups is 1. The van der Waals surface area contributed by atoms with Gasteiger partial charge >= 0.3 is 6.03 Å². The van der Waals surface area contributed by atoms with Crippen LogP contribution in [0, 0.1) is 11.7 Å². The van der Waals surface area contributed by atoms with Crippen LogP contribution in [0.2, 0.25) is 0 Å². The zero-order valence-corrected chi connectivity index (χ0v) is 17.4. The molecule has 3 fully saturated rings. The third-order valence-electron chi connectivity index (χ3n) is 6.72. The van der Waals surface area contributed by atoms with Crippen LogP contribution in [0.3, 0.4) is 0 Å². The lowest BCUT2D eigenvalue weighted by Crippen LogP contribution is -2.49. The lowest BCUT2D eigenvalue weighted by Gasteiger charge is -2.34. The van der Waals surface area contributed by atoms with E-state index in [1.54, 1.807) is 6.07 Å². The van der Waals surface area contributed by atoms with E-state index in [-0.39, 0.29) is 12.5 Å². The van der Waals surface area contributed by atoms with Gasteiger partial charge in [-0.25, -0.2) is 9.18 Å². The Labute approximate surface area is 176 Å². The SMILES string of the molecule is CCC1CCC2(CC1)NC(=O)N(CC(=O)Nc1cc(F)cc(N3CCCC3)c1)C2=O. The number of benzene rings is 1. The van der Waals surface area contributed by atoms with E-state index in [1.807, 2.05) is 0 Å². The molecule has 0 unspecified atom stereocenters. The number of carbonyl (C=O) groups is 3. The van der Waals surface area contributed by atoms with Crippen molar-refractivity contribution in [1.82, 2.24) is 10.2 Å². The number of imide groups is 1. The number of amides is 4. The Bertz CT molecular complexity index is 845. The molecular formula is C22H29FN4O3. The molecule has 2 aliphatic heterocycles. The van der Waals surface area contributed by atoms with Gasteiger partial charge in [-0.1, -0.05) is 13.3 Å². The average molecular weight is 416 g/mol. The molecule has 1 aromatic carbocycles. The van der Waals surface area contributed by atoms with Gasteiger partial charge < -0.3 is 15.5 Å². The van der Waals surface area contributed by atoms with Crippen LogP contribution in [0.15, 0.2) is 18.2 Å². The highest BCUT2D eigenvalue weighted by Crippen LogP contribution is 2.37. The smallest absolute Gasteiger partial charge is 0.325 e. The summed E-state index contributed by atoms with van der Waals surface area (Å²) in [5.74, 6) is -0.697. The number of nitrogens with one attached hydrogen (secondary N) is 2. The van der Waals surface area contributed by atoms with Crippen LogP contribution in [0.25, 0.3) is 0 Å². The topological polar surface area (TPSA) is 81.8 Å². The molecule has 2 saturated heterocycles. The summed E-state index contributed by atoms with van der Waals surface area (Å²) in [7, 11) is 0. The molecule has 162 valence electrons. The molecule has 4 amide bonds. The van der Waals surface area contributed by atoms with E-state index in [0.29, 0.717) is 24.4 Å². The number of anilines is 2. The summed E-state index contributed by atoms with van der Waals surface area (Å²) in [5.41, 5.74) is 0.182. The Morgan fingerprint density at radius 3 is 2.57 bits per heavy atom. The van der Waals surface area contributed by atoms with Crippen molar-refractivity contribution in [3.63, 3.8) is 0 Å². The number of hydrogen-bond donors (Lipinski definition) is 2. The van der Waals surface area contributed by atoms with Gasteiger partial charge in [0.25, 0.3) is 5.91 Å². The van der Waals surface area contributed by atoms with Crippen molar-refractivity contribution in [3.05, 3.63) is 24.0 Å². The molecule has 8 heteroatoms. The highest BCUT2D eigenvalue weighted by atomic mass is 19.1. The molecule has 0 bridgehead atoms. The summed E-state index contributed by atoms with van der Waals surface area (Å²) < 4.78 is 14.1. The monoisotopic (exact) mass is 416 g/mol. The summed E-state index contributed by atoms with van der Waals surface area (Å²) in [4.78, 5) is 41.0. The van der Waals surface area contributed by atoms with E-state index in [9.17, 15) is 18.8 Å². The molecular weight excluding hydrogens is 387 g/mol. The van der Waals surface area contributed by atoms with Crippen molar-refractivity contribution in [3.8, 4) is 0 Å². The first-order valence-corrected chi connectivity index (χ1v) is 10.9. The first-order chi connectivity index (χ1) is 14.4. The maximum Gasteiger partial charge on any atom is 0.325 e. The van der Waals surface area contributed by atoms with Crippen LogP contribution in [0.1, 0.15) is 51.9 Å². The summed E-state index contributed by atoms with van der Waals surface area (Å²) in [6.45, 7) is 3.48. The first-order valence-electron chi connectivity index (χ1n) is 10.9.